The van der Waals surface area contributed by atoms with Crippen molar-refractivity contribution in [1.82, 2.24) is 0 Å². The maximum absolute atomic E-state index is 7.89. The standard InChI is InChI=1S/C12H17N3/c1-14(2)10-6-3-4-7-11(10)15-9-5-8-12(15)13/h3-4,6-7,13H,5,8-9H2,1-2H3. The van der Waals surface area contributed by atoms with Crippen molar-refractivity contribution >= 4 is 17.2 Å². The summed E-state index contributed by atoms with van der Waals surface area (Å²) in [5.74, 6) is 0.740. The van der Waals surface area contributed by atoms with Gasteiger partial charge in [-0.15, -0.1) is 0 Å². The molecule has 3 nitrogen and oxygen atoms in total. The van der Waals surface area contributed by atoms with Gasteiger partial charge in [0.15, 0.2) is 0 Å². The highest BCUT2D eigenvalue weighted by atomic mass is 15.2. The van der Waals surface area contributed by atoms with E-state index >= 15 is 0 Å². The van der Waals surface area contributed by atoms with Gasteiger partial charge in [-0.05, 0) is 18.6 Å². The second-order valence-electron chi connectivity index (χ2n) is 4.09. The Hall–Kier alpha value is -1.51. The van der Waals surface area contributed by atoms with Crippen LogP contribution < -0.4 is 9.80 Å². The van der Waals surface area contributed by atoms with Gasteiger partial charge >= 0.3 is 0 Å². The Morgan fingerprint density at radius 2 is 2.00 bits per heavy atom. The van der Waals surface area contributed by atoms with Crippen molar-refractivity contribution < 1.29 is 0 Å². The largest absolute Gasteiger partial charge is 0.376 e. The molecule has 1 aromatic carbocycles. The lowest BCUT2D eigenvalue weighted by Gasteiger charge is -2.24. The highest BCUT2D eigenvalue weighted by Crippen LogP contribution is 2.30. The van der Waals surface area contributed by atoms with E-state index in [1.165, 1.54) is 5.69 Å². The first-order valence-electron chi connectivity index (χ1n) is 5.31. The maximum atomic E-state index is 7.89. The summed E-state index contributed by atoms with van der Waals surface area (Å²) in [7, 11) is 4.08. The van der Waals surface area contributed by atoms with E-state index in [-0.39, 0.29) is 0 Å². The van der Waals surface area contributed by atoms with Crippen LogP contribution in [-0.4, -0.2) is 26.5 Å². The Balaban J connectivity index is 2.38. The predicted octanol–water partition coefficient (Wildman–Crippen LogP) is 2.33. The van der Waals surface area contributed by atoms with Crippen LogP contribution in [0.4, 0.5) is 11.4 Å². The Morgan fingerprint density at radius 3 is 2.60 bits per heavy atom. The van der Waals surface area contributed by atoms with E-state index in [2.05, 4.69) is 21.9 Å². The molecule has 1 aliphatic rings. The van der Waals surface area contributed by atoms with Crippen LogP contribution in [0.5, 0.6) is 0 Å². The molecule has 1 aromatic rings. The van der Waals surface area contributed by atoms with Gasteiger partial charge in [0.25, 0.3) is 0 Å². The van der Waals surface area contributed by atoms with Crippen molar-refractivity contribution in [2.75, 3.05) is 30.4 Å². The van der Waals surface area contributed by atoms with E-state index in [1.54, 1.807) is 0 Å². The molecule has 0 unspecified atom stereocenters. The minimum Gasteiger partial charge on any atom is -0.376 e. The molecule has 3 heteroatoms. The van der Waals surface area contributed by atoms with E-state index in [1.807, 2.05) is 26.2 Å². The molecule has 0 aliphatic carbocycles. The number of benzene rings is 1. The Kier molecular flexibility index (Phi) is 2.62. The molecule has 0 amide bonds. The second-order valence-corrected chi connectivity index (χ2v) is 4.09. The molecule has 1 N–H and O–H groups in total. The predicted molar refractivity (Wildman–Crippen MR) is 65.1 cm³/mol. The Morgan fingerprint density at radius 1 is 1.27 bits per heavy atom. The van der Waals surface area contributed by atoms with Gasteiger partial charge in [-0.3, -0.25) is 5.41 Å². The number of hydrogen-bond acceptors (Lipinski definition) is 2. The Labute approximate surface area is 90.8 Å². The number of hydrogen-bond donors (Lipinski definition) is 1. The van der Waals surface area contributed by atoms with Crippen LogP contribution in [-0.2, 0) is 0 Å². The zero-order valence-corrected chi connectivity index (χ0v) is 9.33. The normalized spacial score (nSPS) is 15.9. The molecule has 0 aromatic heterocycles. The first-order valence-corrected chi connectivity index (χ1v) is 5.31. The van der Waals surface area contributed by atoms with Gasteiger partial charge < -0.3 is 9.80 Å². The number of nitrogens with one attached hydrogen (secondary N) is 1. The third-order valence-electron chi connectivity index (χ3n) is 2.78. The second kappa shape index (κ2) is 3.93. The molecule has 0 spiro atoms. The number of nitrogens with zero attached hydrogens (tertiary/aromatic N) is 2. The smallest absolute Gasteiger partial charge is 0.100 e. The molecule has 1 saturated heterocycles. The number of amidine groups is 1. The molecule has 0 atom stereocenters. The highest BCUT2D eigenvalue weighted by Gasteiger charge is 2.20. The molecule has 1 aliphatic heterocycles. The SMILES string of the molecule is CN(C)c1ccccc1N1CCCC1=N. The summed E-state index contributed by atoms with van der Waals surface area (Å²) in [6.07, 6.45) is 2.00. The fourth-order valence-electron chi connectivity index (χ4n) is 2.01. The molecule has 0 saturated carbocycles. The van der Waals surface area contributed by atoms with Crippen LogP contribution in [0.3, 0.4) is 0 Å². The maximum Gasteiger partial charge on any atom is 0.100 e. The van der Waals surface area contributed by atoms with Crippen LogP contribution >= 0.6 is 0 Å². The van der Waals surface area contributed by atoms with Crippen molar-refractivity contribution in [3.8, 4) is 0 Å². The third kappa shape index (κ3) is 1.82. The van der Waals surface area contributed by atoms with Crippen LogP contribution in [0.15, 0.2) is 24.3 Å². The van der Waals surface area contributed by atoms with Crippen molar-refractivity contribution in [3.05, 3.63) is 24.3 Å². The summed E-state index contributed by atoms with van der Waals surface area (Å²) in [5, 5.41) is 7.89. The number of para-hydroxylation sites is 2. The van der Waals surface area contributed by atoms with Crippen molar-refractivity contribution in [2.45, 2.75) is 12.8 Å². The van der Waals surface area contributed by atoms with Gasteiger partial charge in [0, 0.05) is 27.1 Å². The van der Waals surface area contributed by atoms with Gasteiger partial charge in [0.05, 0.1) is 11.4 Å². The zero-order chi connectivity index (χ0) is 10.8. The monoisotopic (exact) mass is 203 g/mol. The minimum absolute atomic E-state index is 0.740. The lowest BCUT2D eigenvalue weighted by Crippen LogP contribution is -2.25. The number of anilines is 2. The average Bonchev–Trinajstić information content (AvgIpc) is 2.64. The van der Waals surface area contributed by atoms with E-state index in [9.17, 15) is 0 Å². The van der Waals surface area contributed by atoms with Gasteiger partial charge in [0.2, 0.25) is 0 Å². The van der Waals surface area contributed by atoms with Crippen LogP contribution in [0.2, 0.25) is 0 Å². The summed E-state index contributed by atoms with van der Waals surface area (Å²) in [6, 6.07) is 8.27. The molecular weight excluding hydrogens is 186 g/mol. The van der Waals surface area contributed by atoms with Gasteiger partial charge in [-0.2, -0.15) is 0 Å². The fourth-order valence-corrected chi connectivity index (χ4v) is 2.01. The minimum atomic E-state index is 0.740. The van der Waals surface area contributed by atoms with E-state index in [4.69, 9.17) is 5.41 Å². The van der Waals surface area contributed by atoms with Crippen LogP contribution in [0, 0.1) is 5.41 Å². The first-order chi connectivity index (χ1) is 7.20. The quantitative estimate of drug-likeness (QED) is 0.799. The molecule has 80 valence electrons. The lowest BCUT2D eigenvalue weighted by atomic mass is 10.2. The molecule has 2 rings (SSSR count). The summed E-state index contributed by atoms with van der Waals surface area (Å²) >= 11 is 0. The molecule has 0 bridgehead atoms. The number of rotatable bonds is 2. The van der Waals surface area contributed by atoms with Crippen LogP contribution in [0.1, 0.15) is 12.8 Å². The topological polar surface area (TPSA) is 30.3 Å². The van der Waals surface area contributed by atoms with Gasteiger partial charge in [-0.1, -0.05) is 12.1 Å². The average molecular weight is 203 g/mol. The van der Waals surface area contributed by atoms with Crippen molar-refractivity contribution in [1.29, 1.82) is 5.41 Å². The fraction of sp³-hybridized carbons (Fsp3) is 0.417. The van der Waals surface area contributed by atoms with Gasteiger partial charge in [-0.25, -0.2) is 0 Å². The van der Waals surface area contributed by atoms with Crippen molar-refractivity contribution in [3.63, 3.8) is 0 Å². The van der Waals surface area contributed by atoms with Gasteiger partial charge in [0.1, 0.15) is 5.84 Å². The van der Waals surface area contributed by atoms with E-state index in [0.717, 1.165) is 30.9 Å². The first kappa shape index (κ1) is 10.0. The third-order valence-corrected chi connectivity index (χ3v) is 2.78. The summed E-state index contributed by atoms with van der Waals surface area (Å²) in [5.41, 5.74) is 2.34. The highest BCUT2D eigenvalue weighted by molar-refractivity contribution is 6.00. The van der Waals surface area contributed by atoms with Crippen LogP contribution in [0.25, 0.3) is 0 Å². The van der Waals surface area contributed by atoms with E-state index < -0.39 is 0 Å². The van der Waals surface area contributed by atoms with E-state index in [0.29, 0.717) is 0 Å². The molecule has 1 heterocycles. The Bertz CT molecular complexity index is 371. The lowest BCUT2D eigenvalue weighted by molar-refractivity contribution is 0.953. The molecule has 15 heavy (non-hydrogen) atoms. The van der Waals surface area contributed by atoms with Crippen molar-refractivity contribution in [2.24, 2.45) is 0 Å². The summed E-state index contributed by atoms with van der Waals surface area (Å²) < 4.78 is 0. The summed E-state index contributed by atoms with van der Waals surface area (Å²) in [6.45, 7) is 0.976. The zero-order valence-electron chi connectivity index (χ0n) is 9.33. The molecule has 1 fully saturated rings. The molecular formula is C12H17N3. The molecule has 0 radical (unpaired) electrons. The summed E-state index contributed by atoms with van der Waals surface area (Å²) in [4.78, 5) is 4.20.